The average Bonchev–Trinajstić information content (AvgIpc) is 3.42. The molecule has 6 heteroatoms. The molecule has 2 aliphatic rings. The summed E-state index contributed by atoms with van der Waals surface area (Å²) in [4.78, 5) is 7.11. The zero-order chi connectivity index (χ0) is 48.1. The van der Waals surface area contributed by atoms with Crippen LogP contribution in [-0.2, 0) is 5.41 Å². The van der Waals surface area contributed by atoms with Gasteiger partial charge in [-0.15, -0.1) is 0 Å². The predicted octanol–water partition coefficient (Wildman–Crippen LogP) is 15.3. The van der Waals surface area contributed by atoms with Crippen LogP contribution in [0.15, 0.2) is 243 Å². The summed E-state index contributed by atoms with van der Waals surface area (Å²) in [7, 11) is 1.76. The third kappa shape index (κ3) is 7.78. The maximum absolute atomic E-state index is 7.15. The molecular formula is C65H52BN3O2. The van der Waals surface area contributed by atoms with Crippen molar-refractivity contribution in [3.8, 4) is 28.4 Å². The van der Waals surface area contributed by atoms with Gasteiger partial charge in [-0.3, -0.25) is 0 Å². The number of hydrogen-bond donors (Lipinski definition) is 0. The summed E-state index contributed by atoms with van der Waals surface area (Å²) < 4.78 is 13.3. The van der Waals surface area contributed by atoms with Crippen LogP contribution in [0.5, 0.6) is 17.2 Å². The molecule has 0 aromatic heterocycles. The van der Waals surface area contributed by atoms with E-state index < -0.39 is 0 Å². The Hall–Kier alpha value is -8.74. The maximum Gasteiger partial charge on any atom is 0.256 e. The largest absolute Gasteiger partial charge is 0.496 e. The molecule has 2 aliphatic heterocycles. The van der Waals surface area contributed by atoms with Gasteiger partial charge in [-0.2, -0.15) is 0 Å². The SMILES string of the molecule is COc1ccc(N(c2ccc(-c3ccccc3)cc2)c2ccc3c(c2)Oc2cccc4c2B3c2ccc(N(c3ccccc3)c3ccccc3)cc2N4c2ccc(C)cc2)cc1C(C)(C)c1ccccc1. The van der Waals surface area contributed by atoms with Crippen molar-refractivity contribution in [2.75, 3.05) is 21.8 Å². The summed E-state index contributed by atoms with van der Waals surface area (Å²) >= 11 is 0. The second kappa shape index (κ2) is 18.0. The lowest BCUT2D eigenvalue weighted by Gasteiger charge is -2.41. The van der Waals surface area contributed by atoms with Crippen LogP contribution in [0.2, 0.25) is 0 Å². The first-order valence-corrected chi connectivity index (χ1v) is 24.4. The number of para-hydroxylation sites is 2. The highest BCUT2D eigenvalue weighted by Gasteiger charge is 2.42. The van der Waals surface area contributed by atoms with E-state index >= 15 is 0 Å². The van der Waals surface area contributed by atoms with Gasteiger partial charge in [0, 0.05) is 68.2 Å². The monoisotopic (exact) mass is 917 g/mol. The van der Waals surface area contributed by atoms with Crippen LogP contribution in [-0.4, -0.2) is 13.8 Å². The fourth-order valence-electron chi connectivity index (χ4n) is 10.7. The summed E-state index contributed by atoms with van der Waals surface area (Å²) in [5.41, 5.74) is 18.6. The number of nitrogens with zero attached hydrogens (tertiary/aromatic N) is 3. The predicted molar refractivity (Wildman–Crippen MR) is 297 cm³/mol. The highest BCUT2D eigenvalue weighted by Crippen LogP contribution is 2.47. The first-order chi connectivity index (χ1) is 34.8. The molecule has 0 saturated carbocycles. The van der Waals surface area contributed by atoms with Gasteiger partial charge in [0.05, 0.1) is 7.11 Å². The van der Waals surface area contributed by atoms with Crippen molar-refractivity contribution < 1.29 is 9.47 Å². The molecule has 0 saturated heterocycles. The van der Waals surface area contributed by atoms with Crippen molar-refractivity contribution in [3.05, 3.63) is 259 Å². The minimum Gasteiger partial charge on any atom is -0.496 e. The number of ether oxygens (including phenoxy) is 2. The van der Waals surface area contributed by atoms with Crippen molar-refractivity contribution in [1.29, 1.82) is 0 Å². The molecule has 0 aliphatic carbocycles. The maximum atomic E-state index is 7.15. The van der Waals surface area contributed by atoms with Crippen LogP contribution in [0.25, 0.3) is 11.1 Å². The van der Waals surface area contributed by atoms with Gasteiger partial charge < -0.3 is 24.2 Å². The van der Waals surface area contributed by atoms with E-state index in [-0.39, 0.29) is 12.1 Å². The highest BCUT2D eigenvalue weighted by atomic mass is 16.5. The van der Waals surface area contributed by atoms with Gasteiger partial charge in [0.2, 0.25) is 0 Å². The Bertz CT molecular complexity index is 3490. The Morgan fingerprint density at radius 1 is 0.451 bits per heavy atom. The molecule has 0 N–H and O–H groups in total. The van der Waals surface area contributed by atoms with Crippen LogP contribution in [0.3, 0.4) is 0 Å². The lowest BCUT2D eigenvalue weighted by molar-refractivity contribution is 0.401. The van der Waals surface area contributed by atoms with Gasteiger partial charge in [0.1, 0.15) is 17.2 Å². The van der Waals surface area contributed by atoms with Crippen LogP contribution >= 0.6 is 0 Å². The Morgan fingerprint density at radius 3 is 1.65 bits per heavy atom. The minimum absolute atomic E-state index is 0.0930. The fourth-order valence-corrected chi connectivity index (χ4v) is 10.7. The van der Waals surface area contributed by atoms with Gasteiger partial charge in [0.15, 0.2) is 0 Å². The first-order valence-electron chi connectivity index (χ1n) is 24.4. The van der Waals surface area contributed by atoms with E-state index in [0.717, 1.165) is 90.5 Å². The third-order valence-corrected chi connectivity index (χ3v) is 14.3. The van der Waals surface area contributed by atoms with E-state index in [1.807, 2.05) is 0 Å². The zero-order valence-corrected chi connectivity index (χ0v) is 40.3. The van der Waals surface area contributed by atoms with E-state index in [1.54, 1.807) is 7.11 Å². The second-order valence-electron chi connectivity index (χ2n) is 19.0. The molecule has 10 aromatic rings. The average molecular weight is 918 g/mol. The van der Waals surface area contributed by atoms with Gasteiger partial charge in [-0.1, -0.05) is 159 Å². The fraction of sp³-hybridized carbons (Fsp3) is 0.0769. The van der Waals surface area contributed by atoms with Gasteiger partial charge in [-0.25, -0.2) is 0 Å². The van der Waals surface area contributed by atoms with E-state index in [2.05, 4.69) is 278 Å². The molecular weight excluding hydrogens is 866 g/mol. The molecule has 10 aromatic carbocycles. The van der Waals surface area contributed by atoms with Crippen molar-refractivity contribution in [2.24, 2.45) is 0 Å². The molecule has 0 atom stereocenters. The molecule has 2 heterocycles. The standard InChI is InChI=1S/C65H52BN3O2/c1-45-28-32-52(33-29-45)69-59-26-17-27-62-64(59)66(57-39-36-54(43-60(57)69)67(49-22-13-7-14-23-49)50-24-15-8-16-25-50)58-40-37-55(44-63(58)71-62)68(51-34-30-47(31-35-51)46-18-9-5-10-19-46)53-38-41-61(70-4)56(42-53)65(2,3)48-20-11-6-12-21-48/h5-44H,1-4H3. The van der Waals surface area contributed by atoms with E-state index in [0.29, 0.717) is 0 Å². The summed E-state index contributed by atoms with van der Waals surface area (Å²) in [5, 5.41) is 0. The quantitative estimate of drug-likeness (QED) is 0.121. The van der Waals surface area contributed by atoms with Crippen molar-refractivity contribution in [2.45, 2.75) is 26.2 Å². The highest BCUT2D eigenvalue weighted by molar-refractivity contribution is 6.99. The normalized spacial score (nSPS) is 12.3. The van der Waals surface area contributed by atoms with Crippen molar-refractivity contribution in [3.63, 3.8) is 0 Å². The molecule has 0 radical (unpaired) electrons. The number of fused-ring (bicyclic) bond motifs is 4. The van der Waals surface area contributed by atoms with Crippen LogP contribution in [0.1, 0.15) is 30.5 Å². The van der Waals surface area contributed by atoms with Crippen molar-refractivity contribution in [1.82, 2.24) is 0 Å². The molecule has 0 spiro atoms. The van der Waals surface area contributed by atoms with E-state index in [9.17, 15) is 0 Å². The Balaban J connectivity index is 1.03. The molecule has 0 bridgehead atoms. The molecule has 0 unspecified atom stereocenters. The lowest BCUT2D eigenvalue weighted by Crippen LogP contribution is -2.59. The molecule has 342 valence electrons. The Labute approximate surface area is 417 Å². The van der Waals surface area contributed by atoms with Crippen LogP contribution < -0.4 is 40.6 Å². The minimum atomic E-state index is -0.355. The summed E-state index contributed by atoms with van der Waals surface area (Å²) in [5.74, 6) is 2.53. The second-order valence-corrected chi connectivity index (χ2v) is 19.0. The van der Waals surface area contributed by atoms with Crippen LogP contribution in [0, 0.1) is 6.92 Å². The summed E-state index contributed by atoms with van der Waals surface area (Å²) in [6, 6.07) is 87.1. The number of rotatable bonds is 11. The van der Waals surface area contributed by atoms with Gasteiger partial charge in [-0.05, 0) is 137 Å². The number of benzene rings is 10. The van der Waals surface area contributed by atoms with Gasteiger partial charge in [0.25, 0.3) is 6.71 Å². The molecule has 0 amide bonds. The molecule has 12 rings (SSSR count). The topological polar surface area (TPSA) is 28.2 Å². The molecule has 0 fully saturated rings. The first kappa shape index (κ1) is 43.5. The summed E-state index contributed by atoms with van der Waals surface area (Å²) in [6.45, 7) is 6.59. The number of hydrogen-bond acceptors (Lipinski definition) is 5. The van der Waals surface area contributed by atoms with Crippen LogP contribution in [0.4, 0.5) is 51.2 Å². The lowest BCUT2D eigenvalue weighted by atomic mass is 9.34. The number of aryl methyl sites for hydroxylation is 1. The van der Waals surface area contributed by atoms with E-state index in [1.165, 1.54) is 22.2 Å². The van der Waals surface area contributed by atoms with Gasteiger partial charge >= 0.3 is 0 Å². The molecule has 71 heavy (non-hydrogen) atoms. The summed E-state index contributed by atoms with van der Waals surface area (Å²) in [6.07, 6.45) is 0. The smallest absolute Gasteiger partial charge is 0.256 e. The number of anilines is 9. The third-order valence-electron chi connectivity index (χ3n) is 14.3. The van der Waals surface area contributed by atoms with Crippen molar-refractivity contribution >= 4 is 74.3 Å². The Morgan fingerprint density at radius 2 is 0.986 bits per heavy atom. The zero-order valence-electron chi connectivity index (χ0n) is 40.3. The number of methoxy groups -OCH3 is 1. The van der Waals surface area contributed by atoms with E-state index in [4.69, 9.17) is 9.47 Å². The molecule has 5 nitrogen and oxygen atoms in total. The Kier molecular flexibility index (Phi) is 11.0.